The average molecular weight is 287 g/mol. The monoisotopic (exact) mass is 287 g/mol. The van der Waals surface area contributed by atoms with E-state index in [1.165, 1.54) is 29.7 Å². The molecular formula is C17H25N3O. The number of rotatable bonds is 5. The lowest BCUT2D eigenvalue weighted by Gasteiger charge is -2.34. The zero-order valence-electron chi connectivity index (χ0n) is 12.8. The first-order valence-electron chi connectivity index (χ1n) is 8.00. The van der Waals surface area contributed by atoms with Crippen molar-refractivity contribution in [1.82, 2.24) is 5.32 Å². The van der Waals surface area contributed by atoms with Gasteiger partial charge in [-0.25, -0.2) is 0 Å². The smallest absolute Gasteiger partial charge is 0.222 e. The van der Waals surface area contributed by atoms with Crippen LogP contribution in [-0.2, 0) is 11.3 Å². The van der Waals surface area contributed by atoms with Crippen molar-refractivity contribution < 1.29 is 4.79 Å². The van der Waals surface area contributed by atoms with Gasteiger partial charge in [-0.05, 0) is 49.8 Å². The molecule has 1 aliphatic heterocycles. The highest BCUT2D eigenvalue weighted by molar-refractivity contribution is 5.77. The van der Waals surface area contributed by atoms with Crippen LogP contribution >= 0.6 is 0 Å². The molecule has 0 radical (unpaired) electrons. The predicted octanol–water partition coefficient (Wildman–Crippen LogP) is 1.95. The molecule has 1 saturated heterocycles. The molecule has 1 aromatic carbocycles. The van der Waals surface area contributed by atoms with Gasteiger partial charge < -0.3 is 16.0 Å². The van der Waals surface area contributed by atoms with E-state index < -0.39 is 0 Å². The van der Waals surface area contributed by atoms with E-state index in [1.54, 1.807) is 0 Å². The highest BCUT2D eigenvalue weighted by Crippen LogP contribution is 2.27. The number of primary amides is 1. The van der Waals surface area contributed by atoms with Crippen LogP contribution in [0, 0.1) is 12.8 Å². The summed E-state index contributed by atoms with van der Waals surface area (Å²) in [6, 6.07) is 7.40. The molecule has 0 aromatic heterocycles. The van der Waals surface area contributed by atoms with Crippen molar-refractivity contribution in [3.8, 4) is 0 Å². The normalized spacial score (nSPS) is 22.3. The molecule has 3 N–H and O–H groups in total. The maximum absolute atomic E-state index is 11.4. The molecule has 21 heavy (non-hydrogen) atoms. The van der Waals surface area contributed by atoms with E-state index in [1.807, 2.05) is 0 Å². The number of piperidine rings is 1. The molecule has 1 aromatic rings. The second-order valence-electron chi connectivity index (χ2n) is 6.46. The van der Waals surface area contributed by atoms with Crippen LogP contribution in [0.25, 0.3) is 0 Å². The van der Waals surface area contributed by atoms with Gasteiger partial charge in [0.25, 0.3) is 0 Å². The number of carbonyl (C=O) groups excluding carboxylic acids is 1. The van der Waals surface area contributed by atoms with Crippen LogP contribution < -0.4 is 16.0 Å². The first-order valence-corrected chi connectivity index (χ1v) is 8.00. The fourth-order valence-electron chi connectivity index (χ4n) is 3.16. The quantitative estimate of drug-likeness (QED) is 0.870. The molecule has 1 unspecified atom stereocenters. The van der Waals surface area contributed by atoms with E-state index >= 15 is 0 Å². The minimum absolute atomic E-state index is 0.00522. The van der Waals surface area contributed by atoms with Gasteiger partial charge in [-0.2, -0.15) is 0 Å². The summed E-state index contributed by atoms with van der Waals surface area (Å²) in [5, 5.41) is 3.55. The van der Waals surface area contributed by atoms with E-state index in [4.69, 9.17) is 5.73 Å². The molecule has 4 heteroatoms. The number of nitrogens with zero attached hydrogens (tertiary/aromatic N) is 1. The Labute approximate surface area is 126 Å². The molecule has 1 saturated carbocycles. The molecule has 2 aliphatic rings. The van der Waals surface area contributed by atoms with Gasteiger partial charge in [0.15, 0.2) is 0 Å². The number of benzene rings is 1. The van der Waals surface area contributed by atoms with Crippen molar-refractivity contribution in [3.05, 3.63) is 29.3 Å². The Kier molecular flexibility index (Phi) is 4.15. The van der Waals surface area contributed by atoms with Crippen molar-refractivity contribution in [1.29, 1.82) is 0 Å². The first kappa shape index (κ1) is 14.4. The van der Waals surface area contributed by atoms with Crippen molar-refractivity contribution in [2.24, 2.45) is 11.7 Å². The highest BCUT2D eigenvalue weighted by atomic mass is 16.1. The summed E-state index contributed by atoms with van der Waals surface area (Å²) < 4.78 is 0. The van der Waals surface area contributed by atoms with E-state index in [-0.39, 0.29) is 11.8 Å². The molecule has 0 spiro atoms. The van der Waals surface area contributed by atoms with Crippen LogP contribution in [0.4, 0.5) is 5.69 Å². The Hall–Kier alpha value is -1.55. The van der Waals surface area contributed by atoms with Crippen molar-refractivity contribution in [2.75, 3.05) is 18.0 Å². The van der Waals surface area contributed by atoms with Crippen LogP contribution in [-0.4, -0.2) is 25.0 Å². The van der Waals surface area contributed by atoms with Gasteiger partial charge in [0.05, 0.1) is 5.92 Å². The largest absolute Gasteiger partial charge is 0.371 e. The number of amides is 1. The summed E-state index contributed by atoms with van der Waals surface area (Å²) in [6.45, 7) is 4.89. The van der Waals surface area contributed by atoms with Gasteiger partial charge in [-0.1, -0.05) is 12.1 Å². The van der Waals surface area contributed by atoms with Gasteiger partial charge in [0, 0.05) is 31.4 Å². The van der Waals surface area contributed by atoms with E-state index in [0.29, 0.717) is 0 Å². The Balaban J connectivity index is 1.67. The minimum Gasteiger partial charge on any atom is -0.371 e. The Morgan fingerprint density at radius 3 is 2.86 bits per heavy atom. The summed E-state index contributed by atoms with van der Waals surface area (Å²) in [5.74, 6) is -0.169. The fraction of sp³-hybridized carbons (Fsp3) is 0.588. The molecular weight excluding hydrogens is 262 g/mol. The minimum atomic E-state index is -0.164. The highest BCUT2D eigenvalue weighted by Gasteiger charge is 2.25. The van der Waals surface area contributed by atoms with E-state index in [9.17, 15) is 4.79 Å². The molecule has 1 atom stereocenters. The summed E-state index contributed by atoms with van der Waals surface area (Å²) in [4.78, 5) is 13.7. The average Bonchev–Trinajstić information content (AvgIpc) is 3.29. The molecule has 3 rings (SSSR count). The zero-order valence-corrected chi connectivity index (χ0v) is 12.8. The second kappa shape index (κ2) is 6.06. The maximum atomic E-state index is 11.4. The van der Waals surface area contributed by atoms with Crippen molar-refractivity contribution >= 4 is 11.6 Å². The lowest BCUT2D eigenvalue weighted by atomic mass is 9.96. The topological polar surface area (TPSA) is 58.4 Å². The van der Waals surface area contributed by atoms with Crippen molar-refractivity contribution in [2.45, 2.75) is 45.2 Å². The standard InChI is InChI=1S/C17H25N3O/c1-12-9-13(10-19-15-5-6-15)4-7-16(12)20-8-2-3-14(11-20)17(18)21/h4,7,9,14-15,19H,2-3,5-6,8,10-11H2,1H3,(H2,18,21). The Morgan fingerprint density at radius 2 is 2.19 bits per heavy atom. The van der Waals surface area contributed by atoms with Gasteiger partial charge in [0.1, 0.15) is 0 Å². The van der Waals surface area contributed by atoms with Crippen LogP contribution in [0.15, 0.2) is 18.2 Å². The number of anilines is 1. The summed E-state index contributed by atoms with van der Waals surface area (Å²) in [5.41, 5.74) is 9.34. The van der Waals surface area contributed by atoms with Crippen LogP contribution in [0.3, 0.4) is 0 Å². The molecule has 114 valence electrons. The Bertz CT molecular complexity index is 525. The summed E-state index contributed by atoms with van der Waals surface area (Å²) >= 11 is 0. The zero-order chi connectivity index (χ0) is 14.8. The third-order valence-electron chi connectivity index (χ3n) is 4.60. The molecule has 1 heterocycles. The number of aryl methyl sites for hydroxylation is 1. The first-order chi connectivity index (χ1) is 10.1. The van der Waals surface area contributed by atoms with E-state index in [2.05, 4.69) is 35.3 Å². The lowest BCUT2D eigenvalue weighted by Crippen LogP contribution is -2.41. The van der Waals surface area contributed by atoms with Crippen LogP contribution in [0.2, 0.25) is 0 Å². The third-order valence-corrected chi connectivity index (χ3v) is 4.60. The second-order valence-corrected chi connectivity index (χ2v) is 6.46. The van der Waals surface area contributed by atoms with Crippen molar-refractivity contribution in [3.63, 3.8) is 0 Å². The van der Waals surface area contributed by atoms with E-state index in [0.717, 1.165) is 38.5 Å². The van der Waals surface area contributed by atoms with Gasteiger partial charge in [-0.3, -0.25) is 4.79 Å². The SMILES string of the molecule is Cc1cc(CNC2CC2)ccc1N1CCCC(C(N)=O)C1. The molecule has 2 fully saturated rings. The molecule has 1 aliphatic carbocycles. The molecule has 4 nitrogen and oxygen atoms in total. The number of carbonyl (C=O) groups is 1. The predicted molar refractivity (Wildman–Crippen MR) is 85.2 cm³/mol. The van der Waals surface area contributed by atoms with Gasteiger partial charge in [0.2, 0.25) is 5.91 Å². The number of nitrogens with two attached hydrogens (primary N) is 1. The van der Waals surface area contributed by atoms with Crippen LogP contribution in [0.5, 0.6) is 0 Å². The summed E-state index contributed by atoms with van der Waals surface area (Å²) in [7, 11) is 0. The Morgan fingerprint density at radius 1 is 1.38 bits per heavy atom. The third kappa shape index (κ3) is 3.56. The number of nitrogens with one attached hydrogen (secondary N) is 1. The van der Waals surface area contributed by atoms with Gasteiger partial charge in [-0.15, -0.1) is 0 Å². The van der Waals surface area contributed by atoms with Gasteiger partial charge >= 0.3 is 0 Å². The number of hydrogen-bond acceptors (Lipinski definition) is 3. The summed E-state index contributed by atoms with van der Waals surface area (Å²) in [6.07, 6.45) is 4.60. The molecule has 1 amide bonds. The lowest BCUT2D eigenvalue weighted by molar-refractivity contribution is -0.122. The maximum Gasteiger partial charge on any atom is 0.222 e. The van der Waals surface area contributed by atoms with Crippen LogP contribution in [0.1, 0.15) is 36.8 Å². The molecule has 0 bridgehead atoms. The number of hydrogen-bond donors (Lipinski definition) is 2. The fourth-order valence-corrected chi connectivity index (χ4v) is 3.16.